The summed E-state index contributed by atoms with van der Waals surface area (Å²) >= 11 is 5.85. The lowest BCUT2D eigenvalue weighted by atomic mass is 10.2. The molecule has 0 amide bonds. The van der Waals surface area contributed by atoms with Crippen molar-refractivity contribution in [3.8, 4) is 11.8 Å². The van der Waals surface area contributed by atoms with Gasteiger partial charge in [0.05, 0.1) is 11.6 Å². The van der Waals surface area contributed by atoms with Crippen LogP contribution in [0.1, 0.15) is 5.56 Å². The number of benzene rings is 1. The normalized spacial score (nSPS) is 10.7. The molecular formula is C10H11ClN2O2S. The molecule has 1 rings (SSSR count). The lowest BCUT2D eigenvalue weighted by molar-refractivity contribution is 0.588. The minimum absolute atomic E-state index is 0.0370. The van der Waals surface area contributed by atoms with Crippen molar-refractivity contribution in [2.24, 2.45) is 5.73 Å². The van der Waals surface area contributed by atoms with E-state index in [9.17, 15) is 8.42 Å². The summed E-state index contributed by atoms with van der Waals surface area (Å²) < 4.78 is 25.2. The minimum atomic E-state index is -3.52. The maximum atomic E-state index is 11.5. The lowest BCUT2D eigenvalue weighted by Crippen LogP contribution is -2.18. The second-order valence-corrected chi connectivity index (χ2v) is 5.12. The van der Waals surface area contributed by atoms with Gasteiger partial charge in [0, 0.05) is 5.56 Å². The van der Waals surface area contributed by atoms with Crippen molar-refractivity contribution in [2.75, 3.05) is 13.6 Å². The van der Waals surface area contributed by atoms with Crippen LogP contribution in [0.25, 0.3) is 0 Å². The van der Waals surface area contributed by atoms with Gasteiger partial charge in [-0.3, -0.25) is 0 Å². The lowest BCUT2D eigenvalue weighted by Gasteiger charge is -2.04. The Morgan fingerprint density at radius 1 is 1.50 bits per heavy atom. The van der Waals surface area contributed by atoms with E-state index in [2.05, 4.69) is 16.6 Å². The molecule has 0 spiro atoms. The molecule has 0 atom stereocenters. The smallest absolute Gasteiger partial charge is 0.241 e. The van der Waals surface area contributed by atoms with E-state index in [-0.39, 0.29) is 16.5 Å². The topological polar surface area (TPSA) is 72.2 Å². The maximum absolute atomic E-state index is 11.5. The zero-order chi connectivity index (χ0) is 12.2. The van der Waals surface area contributed by atoms with Gasteiger partial charge in [-0.2, -0.15) is 0 Å². The van der Waals surface area contributed by atoms with Gasteiger partial charge in [0.2, 0.25) is 10.0 Å². The number of halogens is 1. The van der Waals surface area contributed by atoms with Crippen molar-refractivity contribution in [1.82, 2.24) is 4.72 Å². The number of rotatable bonds is 2. The van der Waals surface area contributed by atoms with Gasteiger partial charge in [-0.15, -0.1) is 0 Å². The highest BCUT2D eigenvalue weighted by Gasteiger charge is 2.15. The molecule has 86 valence electrons. The average molecular weight is 259 g/mol. The van der Waals surface area contributed by atoms with E-state index in [1.54, 1.807) is 6.07 Å². The quantitative estimate of drug-likeness (QED) is 0.762. The Kier molecular flexibility index (Phi) is 4.33. The van der Waals surface area contributed by atoms with Gasteiger partial charge in [0.15, 0.2) is 0 Å². The van der Waals surface area contributed by atoms with E-state index < -0.39 is 10.0 Å². The van der Waals surface area contributed by atoms with Crippen LogP contribution < -0.4 is 10.5 Å². The second-order valence-electron chi connectivity index (χ2n) is 2.86. The molecule has 16 heavy (non-hydrogen) atoms. The highest BCUT2D eigenvalue weighted by atomic mass is 35.5. The van der Waals surface area contributed by atoms with E-state index in [1.807, 2.05) is 0 Å². The van der Waals surface area contributed by atoms with E-state index in [0.29, 0.717) is 5.56 Å². The van der Waals surface area contributed by atoms with Crippen molar-refractivity contribution in [3.63, 3.8) is 0 Å². The minimum Gasteiger partial charge on any atom is -0.320 e. The highest BCUT2D eigenvalue weighted by molar-refractivity contribution is 7.89. The zero-order valence-electron chi connectivity index (χ0n) is 8.62. The summed E-state index contributed by atoms with van der Waals surface area (Å²) in [6.07, 6.45) is 0. The number of nitrogens with one attached hydrogen (secondary N) is 1. The molecule has 0 saturated carbocycles. The van der Waals surface area contributed by atoms with E-state index in [0.717, 1.165) is 0 Å². The first-order chi connectivity index (χ1) is 7.51. The van der Waals surface area contributed by atoms with Crippen LogP contribution in [0, 0.1) is 11.8 Å². The molecule has 0 saturated heterocycles. The van der Waals surface area contributed by atoms with Crippen LogP contribution in [-0.4, -0.2) is 22.0 Å². The molecule has 0 radical (unpaired) electrons. The third-order valence-electron chi connectivity index (χ3n) is 1.82. The third kappa shape index (κ3) is 2.97. The molecule has 0 aliphatic rings. The maximum Gasteiger partial charge on any atom is 0.241 e. The largest absolute Gasteiger partial charge is 0.320 e. The monoisotopic (exact) mass is 258 g/mol. The third-order valence-corrected chi connectivity index (χ3v) is 3.72. The molecular weight excluding hydrogens is 248 g/mol. The van der Waals surface area contributed by atoms with Crippen LogP contribution >= 0.6 is 11.6 Å². The van der Waals surface area contributed by atoms with Crippen LogP contribution in [0.4, 0.5) is 0 Å². The molecule has 0 unspecified atom stereocenters. The average Bonchev–Trinajstić information content (AvgIpc) is 2.26. The van der Waals surface area contributed by atoms with E-state index >= 15 is 0 Å². The van der Waals surface area contributed by atoms with Crippen molar-refractivity contribution in [1.29, 1.82) is 0 Å². The summed E-state index contributed by atoms with van der Waals surface area (Å²) in [7, 11) is -2.19. The van der Waals surface area contributed by atoms with E-state index in [4.69, 9.17) is 17.3 Å². The Hall–Kier alpha value is -1.06. The van der Waals surface area contributed by atoms with Gasteiger partial charge in [-0.25, -0.2) is 13.1 Å². The van der Waals surface area contributed by atoms with Crippen LogP contribution in [0.3, 0.4) is 0 Å². The zero-order valence-corrected chi connectivity index (χ0v) is 10.2. The second kappa shape index (κ2) is 5.32. The standard InChI is InChI=1S/C10H11ClN2O2S/c1-13-16(14,15)10-5-4-8(3-2-6-12)7-9(10)11/h4-5,7,13H,6,12H2,1H3. The van der Waals surface area contributed by atoms with Crippen LogP contribution in [0.5, 0.6) is 0 Å². The summed E-state index contributed by atoms with van der Waals surface area (Å²) in [5, 5.41) is 0.137. The fourth-order valence-corrected chi connectivity index (χ4v) is 2.33. The molecule has 0 fully saturated rings. The predicted octanol–water partition coefficient (Wildman–Crippen LogP) is 0.558. The Morgan fingerprint density at radius 3 is 2.69 bits per heavy atom. The number of nitrogens with two attached hydrogens (primary N) is 1. The number of hydrogen-bond acceptors (Lipinski definition) is 3. The fourth-order valence-electron chi connectivity index (χ4n) is 1.06. The Bertz CT molecular complexity index is 544. The van der Waals surface area contributed by atoms with Gasteiger partial charge in [0.1, 0.15) is 4.90 Å². The summed E-state index contributed by atoms with van der Waals surface area (Å²) in [5.74, 6) is 5.43. The van der Waals surface area contributed by atoms with Crippen molar-refractivity contribution >= 4 is 21.6 Å². The fraction of sp³-hybridized carbons (Fsp3) is 0.200. The van der Waals surface area contributed by atoms with Gasteiger partial charge < -0.3 is 5.73 Å². The molecule has 0 aliphatic carbocycles. The van der Waals surface area contributed by atoms with Gasteiger partial charge >= 0.3 is 0 Å². The SMILES string of the molecule is CNS(=O)(=O)c1ccc(C#CCN)cc1Cl. The van der Waals surface area contributed by atoms with Crippen LogP contribution in [0.15, 0.2) is 23.1 Å². The predicted molar refractivity (Wildman–Crippen MR) is 63.6 cm³/mol. The molecule has 3 N–H and O–H groups in total. The Balaban J connectivity index is 3.20. The molecule has 1 aromatic carbocycles. The summed E-state index contributed by atoms with van der Waals surface area (Å²) in [5.41, 5.74) is 5.85. The van der Waals surface area contributed by atoms with Gasteiger partial charge in [0.25, 0.3) is 0 Å². The molecule has 0 heterocycles. The van der Waals surface area contributed by atoms with Crippen LogP contribution in [-0.2, 0) is 10.0 Å². The molecule has 0 aromatic heterocycles. The first kappa shape index (κ1) is 13.0. The van der Waals surface area contributed by atoms with Crippen molar-refractivity contribution in [3.05, 3.63) is 28.8 Å². The summed E-state index contributed by atoms with van der Waals surface area (Å²) in [6.45, 7) is 0.244. The number of sulfonamides is 1. The Morgan fingerprint density at radius 2 is 2.19 bits per heavy atom. The molecule has 6 heteroatoms. The van der Waals surface area contributed by atoms with Crippen molar-refractivity contribution in [2.45, 2.75) is 4.90 Å². The van der Waals surface area contributed by atoms with Gasteiger partial charge in [-0.05, 0) is 25.2 Å². The Labute approximate surface area is 99.8 Å². The number of hydrogen-bond donors (Lipinski definition) is 2. The first-order valence-corrected chi connectivity index (χ1v) is 6.29. The van der Waals surface area contributed by atoms with Crippen molar-refractivity contribution < 1.29 is 8.42 Å². The summed E-state index contributed by atoms with van der Waals surface area (Å²) in [6, 6.07) is 4.49. The first-order valence-electron chi connectivity index (χ1n) is 4.43. The van der Waals surface area contributed by atoms with Gasteiger partial charge in [-0.1, -0.05) is 23.4 Å². The van der Waals surface area contributed by atoms with Crippen LogP contribution in [0.2, 0.25) is 5.02 Å². The van der Waals surface area contributed by atoms with E-state index in [1.165, 1.54) is 19.2 Å². The molecule has 0 bridgehead atoms. The summed E-state index contributed by atoms with van der Waals surface area (Å²) in [4.78, 5) is 0.0370. The molecule has 1 aromatic rings. The molecule has 0 aliphatic heterocycles. The highest BCUT2D eigenvalue weighted by Crippen LogP contribution is 2.21. The molecule has 4 nitrogen and oxygen atoms in total.